The maximum Gasteiger partial charge on any atom is 0.174 e. The molecular weight excluding hydrogens is 194 g/mol. The van der Waals surface area contributed by atoms with Crippen molar-refractivity contribution in [2.45, 2.75) is 46.1 Å². The summed E-state index contributed by atoms with van der Waals surface area (Å²) in [5.74, 6) is 0. The lowest BCUT2D eigenvalue weighted by atomic mass is 10.3. The molecule has 0 amide bonds. The van der Waals surface area contributed by atoms with Crippen molar-refractivity contribution < 1.29 is 14.2 Å². The highest BCUT2D eigenvalue weighted by Crippen LogP contribution is 2.04. The molecule has 4 heteroatoms. The lowest BCUT2D eigenvalue weighted by molar-refractivity contribution is -0.163. The lowest BCUT2D eigenvalue weighted by Gasteiger charge is -2.26. The van der Waals surface area contributed by atoms with Crippen LogP contribution in [-0.4, -0.2) is 45.3 Å². The summed E-state index contributed by atoms with van der Waals surface area (Å²) in [7, 11) is 1.89. The molecule has 0 bridgehead atoms. The van der Waals surface area contributed by atoms with E-state index in [0.29, 0.717) is 19.8 Å². The number of hydrogen-bond acceptors (Lipinski definition) is 4. The standard InChI is InChI=1S/C11H25NO3/c1-6-13-11(14-7-2)10(12-5)8-15-9(3)4/h9-12H,6-8H2,1-5H3. The minimum Gasteiger partial charge on any atom is -0.377 e. The second kappa shape index (κ2) is 9.09. The Morgan fingerprint density at radius 2 is 1.53 bits per heavy atom. The van der Waals surface area contributed by atoms with Crippen molar-refractivity contribution in [3.63, 3.8) is 0 Å². The van der Waals surface area contributed by atoms with Crippen molar-refractivity contribution in [2.75, 3.05) is 26.9 Å². The van der Waals surface area contributed by atoms with E-state index in [-0.39, 0.29) is 18.4 Å². The fourth-order valence-corrected chi connectivity index (χ4v) is 1.20. The summed E-state index contributed by atoms with van der Waals surface area (Å²) >= 11 is 0. The van der Waals surface area contributed by atoms with Crippen molar-refractivity contribution in [2.24, 2.45) is 0 Å². The minimum absolute atomic E-state index is 0.0762. The van der Waals surface area contributed by atoms with Gasteiger partial charge in [-0.3, -0.25) is 0 Å². The van der Waals surface area contributed by atoms with Crippen LogP contribution in [0.1, 0.15) is 27.7 Å². The van der Waals surface area contributed by atoms with Gasteiger partial charge in [0.25, 0.3) is 0 Å². The molecule has 1 N–H and O–H groups in total. The second-order valence-electron chi connectivity index (χ2n) is 3.56. The van der Waals surface area contributed by atoms with Crippen molar-refractivity contribution in [3.8, 4) is 0 Å². The summed E-state index contributed by atoms with van der Waals surface area (Å²) in [6, 6.07) is 0.0762. The van der Waals surface area contributed by atoms with Gasteiger partial charge in [-0.2, -0.15) is 0 Å². The van der Waals surface area contributed by atoms with E-state index in [1.54, 1.807) is 0 Å². The summed E-state index contributed by atoms with van der Waals surface area (Å²) in [5.41, 5.74) is 0. The number of likely N-dealkylation sites (N-methyl/N-ethyl adjacent to an activating group) is 1. The van der Waals surface area contributed by atoms with E-state index in [9.17, 15) is 0 Å². The third-order valence-electron chi connectivity index (χ3n) is 1.97. The molecule has 0 aromatic heterocycles. The highest BCUT2D eigenvalue weighted by Gasteiger charge is 2.21. The summed E-state index contributed by atoms with van der Waals surface area (Å²) in [5, 5.41) is 3.15. The van der Waals surface area contributed by atoms with Crippen molar-refractivity contribution >= 4 is 0 Å². The number of rotatable bonds is 9. The zero-order chi connectivity index (χ0) is 11.7. The first-order chi connectivity index (χ1) is 7.15. The summed E-state index contributed by atoms with van der Waals surface area (Å²) in [6.07, 6.45) is -0.00602. The predicted molar refractivity (Wildman–Crippen MR) is 61.0 cm³/mol. The van der Waals surface area contributed by atoms with Crippen LogP contribution in [0.4, 0.5) is 0 Å². The second-order valence-corrected chi connectivity index (χ2v) is 3.56. The lowest BCUT2D eigenvalue weighted by Crippen LogP contribution is -2.45. The van der Waals surface area contributed by atoms with Crippen LogP contribution in [0.15, 0.2) is 0 Å². The average molecular weight is 219 g/mol. The molecule has 0 aliphatic heterocycles. The van der Waals surface area contributed by atoms with Gasteiger partial charge in [0.1, 0.15) is 0 Å². The molecule has 0 spiro atoms. The van der Waals surface area contributed by atoms with Gasteiger partial charge >= 0.3 is 0 Å². The summed E-state index contributed by atoms with van der Waals surface area (Å²) < 4.78 is 16.6. The van der Waals surface area contributed by atoms with Gasteiger partial charge in [0.2, 0.25) is 0 Å². The molecule has 0 heterocycles. The number of nitrogens with one attached hydrogen (secondary N) is 1. The molecule has 15 heavy (non-hydrogen) atoms. The van der Waals surface area contributed by atoms with Crippen LogP contribution < -0.4 is 5.32 Å². The normalized spacial score (nSPS) is 13.8. The maximum atomic E-state index is 5.55. The average Bonchev–Trinajstić information content (AvgIpc) is 2.19. The predicted octanol–water partition coefficient (Wildman–Crippen LogP) is 1.40. The molecule has 0 saturated carbocycles. The molecule has 1 unspecified atom stereocenters. The number of hydrogen-bond donors (Lipinski definition) is 1. The largest absolute Gasteiger partial charge is 0.377 e. The Morgan fingerprint density at radius 1 is 1.00 bits per heavy atom. The SMILES string of the molecule is CCOC(OCC)C(COC(C)C)NC. The van der Waals surface area contributed by atoms with Crippen molar-refractivity contribution in [1.29, 1.82) is 0 Å². The zero-order valence-corrected chi connectivity index (χ0v) is 10.6. The highest BCUT2D eigenvalue weighted by atomic mass is 16.7. The monoisotopic (exact) mass is 219 g/mol. The van der Waals surface area contributed by atoms with Gasteiger partial charge in [0.15, 0.2) is 6.29 Å². The minimum atomic E-state index is -0.233. The van der Waals surface area contributed by atoms with Gasteiger partial charge < -0.3 is 19.5 Å². The Labute approximate surface area is 93.3 Å². The van der Waals surface area contributed by atoms with Gasteiger partial charge in [-0.05, 0) is 34.7 Å². The first-order valence-electron chi connectivity index (χ1n) is 5.67. The Morgan fingerprint density at radius 3 is 1.87 bits per heavy atom. The van der Waals surface area contributed by atoms with Crippen LogP contribution in [-0.2, 0) is 14.2 Å². The van der Waals surface area contributed by atoms with Gasteiger partial charge in [-0.15, -0.1) is 0 Å². The fraction of sp³-hybridized carbons (Fsp3) is 1.00. The Bertz CT molecular complexity index is 136. The highest BCUT2D eigenvalue weighted by molar-refractivity contribution is 4.68. The van der Waals surface area contributed by atoms with E-state index in [0.717, 1.165) is 0 Å². The van der Waals surface area contributed by atoms with Crippen LogP contribution in [0.5, 0.6) is 0 Å². The van der Waals surface area contributed by atoms with Crippen LogP contribution in [0.2, 0.25) is 0 Å². The molecule has 0 rings (SSSR count). The summed E-state index contributed by atoms with van der Waals surface area (Å²) in [4.78, 5) is 0. The van der Waals surface area contributed by atoms with E-state index in [4.69, 9.17) is 14.2 Å². The molecule has 0 saturated heterocycles. The Kier molecular flexibility index (Phi) is 9.00. The van der Waals surface area contributed by atoms with E-state index >= 15 is 0 Å². The quantitative estimate of drug-likeness (QED) is 0.595. The third-order valence-corrected chi connectivity index (χ3v) is 1.97. The first-order valence-corrected chi connectivity index (χ1v) is 5.67. The van der Waals surface area contributed by atoms with Gasteiger partial charge in [-0.25, -0.2) is 0 Å². The fourth-order valence-electron chi connectivity index (χ4n) is 1.20. The van der Waals surface area contributed by atoms with Crippen LogP contribution in [0, 0.1) is 0 Å². The number of ether oxygens (including phenoxy) is 3. The molecular formula is C11H25NO3. The van der Waals surface area contributed by atoms with E-state index in [1.165, 1.54) is 0 Å². The van der Waals surface area contributed by atoms with Gasteiger partial charge in [0.05, 0.1) is 18.8 Å². The van der Waals surface area contributed by atoms with E-state index in [2.05, 4.69) is 5.32 Å². The molecule has 0 aromatic carbocycles. The van der Waals surface area contributed by atoms with Gasteiger partial charge in [-0.1, -0.05) is 0 Å². The van der Waals surface area contributed by atoms with Crippen molar-refractivity contribution in [1.82, 2.24) is 5.32 Å². The first kappa shape index (κ1) is 14.8. The van der Waals surface area contributed by atoms with Crippen LogP contribution in [0.3, 0.4) is 0 Å². The zero-order valence-electron chi connectivity index (χ0n) is 10.6. The molecule has 92 valence electrons. The molecule has 0 fully saturated rings. The smallest absolute Gasteiger partial charge is 0.174 e. The summed E-state index contributed by atoms with van der Waals surface area (Å²) in [6.45, 7) is 9.84. The Balaban J connectivity index is 4.05. The van der Waals surface area contributed by atoms with Crippen molar-refractivity contribution in [3.05, 3.63) is 0 Å². The topological polar surface area (TPSA) is 39.7 Å². The molecule has 1 atom stereocenters. The van der Waals surface area contributed by atoms with E-state index < -0.39 is 0 Å². The van der Waals surface area contributed by atoms with E-state index in [1.807, 2.05) is 34.7 Å². The molecule has 0 radical (unpaired) electrons. The van der Waals surface area contributed by atoms with Gasteiger partial charge in [0, 0.05) is 13.2 Å². The third kappa shape index (κ3) is 6.84. The molecule has 0 aliphatic carbocycles. The molecule has 0 aromatic rings. The Hall–Kier alpha value is -0.160. The maximum absolute atomic E-state index is 5.55. The van der Waals surface area contributed by atoms with Crippen LogP contribution in [0.25, 0.3) is 0 Å². The molecule has 0 aliphatic rings. The molecule has 4 nitrogen and oxygen atoms in total. The van der Waals surface area contributed by atoms with Crippen LogP contribution >= 0.6 is 0 Å².